The number of rotatable bonds is 2. The molecular formula is C18H23N5O2S. The normalized spacial score (nSPS) is 23.7. The first-order chi connectivity index (χ1) is 12.5. The van der Waals surface area contributed by atoms with Gasteiger partial charge in [0.05, 0.1) is 5.01 Å². The molecule has 2 fully saturated rings. The number of likely N-dealkylation sites (tertiary alicyclic amines) is 2. The molecule has 2 saturated heterocycles. The standard InChI is InChI=1S/C18H23N5O2S/c1-12-20-14(9-26-12)15-19-8-13(16(24)21-15)17(25)23-6-3-4-18(11-23)5-7-22(2)10-18/h8-9H,3-7,10-11H2,1-2H3,(H,19,21,24). The fourth-order valence-corrected chi connectivity index (χ4v) is 4.79. The SMILES string of the molecule is Cc1nc(-c2ncc(C(=O)N3CCCC4(CCN(C)C4)C3)c(=O)[nH]2)cs1. The van der Waals surface area contributed by atoms with E-state index in [1.54, 1.807) is 0 Å². The number of carbonyl (C=O) groups excluding carboxylic acids is 1. The molecule has 1 unspecified atom stereocenters. The lowest BCUT2D eigenvalue weighted by Crippen LogP contribution is -2.48. The second-order valence-electron chi connectivity index (χ2n) is 7.54. The van der Waals surface area contributed by atoms with E-state index in [1.165, 1.54) is 17.5 Å². The van der Waals surface area contributed by atoms with Crippen LogP contribution in [0, 0.1) is 12.3 Å². The van der Waals surface area contributed by atoms with Crippen molar-refractivity contribution in [2.45, 2.75) is 26.2 Å². The van der Waals surface area contributed by atoms with Crippen molar-refractivity contribution in [3.8, 4) is 11.5 Å². The zero-order valence-corrected chi connectivity index (χ0v) is 15.9. The minimum atomic E-state index is -0.395. The molecule has 1 spiro atoms. The van der Waals surface area contributed by atoms with E-state index in [2.05, 4.69) is 26.9 Å². The quantitative estimate of drug-likeness (QED) is 0.867. The van der Waals surface area contributed by atoms with E-state index in [-0.39, 0.29) is 16.9 Å². The molecule has 0 aromatic carbocycles. The molecule has 1 atom stereocenters. The van der Waals surface area contributed by atoms with E-state index in [0.29, 0.717) is 18.1 Å². The maximum atomic E-state index is 12.9. The third kappa shape index (κ3) is 3.19. The van der Waals surface area contributed by atoms with Crippen LogP contribution in [0.3, 0.4) is 0 Å². The molecule has 4 heterocycles. The summed E-state index contributed by atoms with van der Waals surface area (Å²) >= 11 is 1.50. The van der Waals surface area contributed by atoms with Gasteiger partial charge in [0.2, 0.25) is 0 Å². The summed E-state index contributed by atoms with van der Waals surface area (Å²) in [5, 5.41) is 2.75. The molecule has 4 rings (SSSR count). The Morgan fingerprint density at radius 3 is 2.81 bits per heavy atom. The Morgan fingerprint density at radius 1 is 1.31 bits per heavy atom. The first-order valence-corrected chi connectivity index (χ1v) is 9.83. The van der Waals surface area contributed by atoms with Crippen LogP contribution >= 0.6 is 11.3 Å². The maximum absolute atomic E-state index is 12.9. The van der Waals surface area contributed by atoms with Gasteiger partial charge in [-0.3, -0.25) is 9.59 Å². The minimum Gasteiger partial charge on any atom is -0.338 e. The Morgan fingerprint density at radius 2 is 2.15 bits per heavy atom. The average Bonchev–Trinajstić information content (AvgIpc) is 3.20. The zero-order chi connectivity index (χ0) is 18.3. The number of thiazole rings is 1. The van der Waals surface area contributed by atoms with Gasteiger partial charge in [-0.15, -0.1) is 11.3 Å². The molecular weight excluding hydrogens is 350 g/mol. The molecule has 8 heteroatoms. The van der Waals surface area contributed by atoms with Gasteiger partial charge >= 0.3 is 0 Å². The Balaban J connectivity index is 1.55. The largest absolute Gasteiger partial charge is 0.338 e. The molecule has 0 aliphatic carbocycles. The summed E-state index contributed by atoms with van der Waals surface area (Å²) in [6.45, 7) is 5.43. The maximum Gasteiger partial charge on any atom is 0.264 e. The highest BCUT2D eigenvalue weighted by Crippen LogP contribution is 2.38. The predicted octanol–water partition coefficient (Wildman–Crippen LogP) is 1.76. The van der Waals surface area contributed by atoms with Crippen molar-refractivity contribution < 1.29 is 4.79 Å². The third-order valence-electron chi connectivity index (χ3n) is 5.47. The van der Waals surface area contributed by atoms with Crippen LogP contribution < -0.4 is 5.56 Å². The van der Waals surface area contributed by atoms with Gasteiger partial charge in [0, 0.05) is 36.6 Å². The van der Waals surface area contributed by atoms with Crippen LogP contribution in [0.4, 0.5) is 0 Å². The smallest absolute Gasteiger partial charge is 0.264 e. The van der Waals surface area contributed by atoms with E-state index in [0.717, 1.165) is 43.9 Å². The van der Waals surface area contributed by atoms with Crippen molar-refractivity contribution in [2.24, 2.45) is 5.41 Å². The van der Waals surface area contributed by atoms with Crippen molar-refractivity contribution in [3.05, 3.63) is 32.5 Å². The molecule has 138 valence electrons. The number of piperidine rings is 1. The van der Waals surface area contributed by atoms with E-state index < -0.39 is 5.56 Å². The number of H-pyrrole nitrogens is 1. The minimum absolute atomic E-state index is 0.115. The van der Waals surface area contributed by atoms with Crippen LogP contribution in [0.1, 0.15) is 34.6 Å². The van der Waals surface area contributed by atoms with Crippen LogP contribution in [0.5, 0.6) is 0 Å². The van der Waals surface area contributed by atoms with Gasteiger partial charge in [0.25, 0.3) is 11.5 Å². The third-order valence-corrected chi connectivity index (χ3v) is 6.24. The molecule has 1 N–H and O–H groups in total. The van der Waals surface area contributed by atoms with Crippen LogP contribution in [0.25, 0.3) is 11.5 Å². The molecule has 7 nitrogen and oxygen atoms in total. The molecule has 1 amide bonds. The van der Waals surface area contributed by atoms with Crippen molar-refractivity contribution >= 4 is 17.2 Å². The topological polar surface area (TPSA) is 82.2 Å². The number of carbonyl (C=O) groups is 1. The lowest BCUT2D eigenvalue weighted by atomic mass is 9.79. The zero-order valence-electron chi connectivity index (χ0n) is 15.1. The Labute approximate surface area is 156 Å². The van der Waals surface area contributed by atoms with Gasteiger partial charge in [-0.1, -0.05) is 0 Å². The summed E-state index contributed by atoms with van der Waals surface area (Å²) in [7, 11) is 2.13. The molecule has 26 heavy (non-hydrogen) atoms. The first kappa shape index (κ1) is 17.4. The number of hydrogen-bond donors (Lipinski definition) is 1. The van der Waals surface area contributed by atoms with Gasteiger partial charge in [0.15, 0.2) is 5.82 Å². The van der Waals surface area contributed by atoms with Gasteiger partial charge < -0.3 is 14.8 Å². The highest BCUT2D eigenvalue weighted by molar-refractivity contribution is 7.09. The Hall–Kier alpha value is -2.06. The molecule has 2 aliphatic heterocycles. The Kier molecular flexibility index (Phi) is 4.40. The number of amides is 1. The monoisotopic (exact) mass is 373 g/mol. The molecule has 2 aliphatic rings. The summed E-state index contributed by atoms with van der Waals surface area (Å²) in [5.41, 5.74) is 0.536. The van der Waals surface area contributed by atoms with E-state index in [1.807, 2.05) is 17.2 Å². The molecule has 2 aromatic heterocycles. The van der Waals surface area contributed by atoms with Crippen LogP contribution in [0.15, 0.2) is 16.4 Å². The summed E-state index contributed by atoms with van der Waals surface area (Å²) in [4.78, 5) is 40.9. The van der Waals surface area contributed by atoms with Crippen LogP contribution in [-0.4, -0.2) is 63.9 Å². The van der Waals surface area contributed by atoms with Crippen molar-refractivity contribution in [2.75, 3.05) is 33.2 Å². The molecule has 0 saturated carbocycles. The molecule has 2 aromatic rings. The van der Waals surface area contributed by atoms with E-state index in [9.17, 15) is 9.59 Å². The fourth-order valence-electron chi connectivity index (χ4n) is 4.19. The van der Waals surface area contributed by atoms with Gasteiger partial charge in [-0.25, -0.2) is 9.97 Å². The summed E-state index contributed by atoms with van der Waals surface area (Å²) in [5.74, 6) is 0.191. The van der Waals surface area contributed by atoms with Crippen molar-refractivity contribution in [1.82, 2.24) is 24.8 Å². The highest BCUT2D eigenvalue weighted by atomic mass is 32.1. The number of nitrogens with zero attached hydrogens (tertiary/aromatic N) is 4. The number of aromatic nitrogens is 3. The predicted molar refractivity (Wildman–Crippen MR) is 100 cm³/mol. The number of aromatic amines is 1. The Bertz CT molecular complexity index is 888. The highest BCUT2D eigenvalue weighted by Gasteiger charge is 2.41. The van der Waals surface area contributed by atoms with Gasteiger partial charge in [-0.2, -0.15) is 0 Å². The van der Waals surface area contributed by atoms with Crippen LogP contribution in [-0.2, 0) is 0 Å². The average molecular weight is 373 g/mol. The summed E-state index contributed by atoms with van der Waals surface area (Å²) < 4.78 is 0. The summed E-state index contributed by atoms with van der Waals surface area (Å²) in [6.07, 6.45) is 4.65. The number of nitrogens with one attached hydrogen (secondary N) is 1. The van der Waals surface area contributed by atoms with Gasteiger partial charge in [0.1, 0.15) is 11.3 Å². The van der Waals surface area contributed by atoms with Crippen molar-refractivity contribution in [1.29, 1.82) is 0 Å². The van der Waals surface area contributed by atoms with Crippen molar-refractivity contribution in [3.63, 3.8) is 0 Å². The van der Waals surface area contributed by atoms with E-state index >= 15 is 0 Å². The molecule has 0 radical (unpaired) electrons. The molecule has 0 bridgehead atoms. The fraction of sp³-hybridized carbons (Fsp3) is 0.556. The number of aryl methyl sites for hydroxylation is 1. The first-order valence-electron chi connectivity index (χ1n) is 8.95. The van der Waals surface area contributed by atoms with Crippen LogP contribution in [0.2, 0.25) is 0 Å². The number of hydrogen-bond acceptors (Lipinski definition) is 6. The lowest BCUT2D eigenvalue weighted by Gasteiger charge is -2.40. The summed E-state index contributed by atoms with van der Waals surface area (Å²) in [6, 6.07) is 0. The second-order valence-corrected chi connectivity index (χ2v) is 8.61. The lowest BCUT2D eigenvalue weighted by molar-refractivity contribution is 0.0532. The van der Waals surface area contributed by atoms with Gasteiger partial charge in [-0.05, 0) is 39.8 Å². The van der Waals surface area contributed by atoms with E-state index in [4.69, 9.17) is 0 Å². The second kappa shape index (κ2) is 6.59.